The molecule has 0 amide bonds. The Morgan fingerprint density at radius 1 is 1.24 bits per heavy atom. The van der Waals surface area contributed by atoms with Crippen LogP contribution in [0.5, 0.6) is 0 Å². The van der Waals surface area contributed by atoms with Crippen molar-refractivity contribution in [3.63, 3.8) is 0 Å². The van der Waals surface area contributed by atoms with Gasteiger partial charge in [0, 0.05) is 6.42 Å². The van der Waals surface area contributed by atoms with Crippen molar-refractivity contribution in [1.82, 2.24) is 0 Å². The van der Waals surface area contributed by atoms with Gasteiger partial charge in [-0.3, -0.25) is 9.59 Å². The summed E-state index contributed by atoms with van der Waals surface area (Å²) in [6.45, 7) is 7.85. The number of ether oxygens (including phenoxy) is 2. The third kappa shape index (κ3) is 11.4. The van der Waals surface area contributed by atoms with Crippen molar-refractivity contribution in [1.29, 1.82) is 0 Å². The van der Waals surface area contributed by atoms with E-state index < -0.39 is 11.2 Å². The molecule has 0 unspecified atom stereocenters. The van der Waals surface area contributed by atoms with Crippen molar-refractivity contribution < 1.29 is 19.1 Å². The molecule has 0 heterocycles. The van der Waals surface area contributed by atoms with Crippen molar-refractivity contribution in [3.05, 3.63) is 11.8 Å². The minimum atomic E-state index is -0.542. The molecule has 0 atom stereocenters. The monoisotopic (exact) mass is 262 g/mol. The summed E-state index contributed by atoms with van der Waals surface area (Å²) in [7, 11) is 0. The average molecular weight is 263 g/mol. The summed E-state index contributed by atoms with van der Waals surface area (Å²) in [5, 5.41) is -0.542. The molecule has 4 nitrogen and oxygen atoms in total. The lowest BCUT2D eigenvalue weighted by molar-refractivity contribution is -0.140. The van der Waals surface area contributed by atoms with Gasteiger partial charge in [0.2, 0.25) is 5.24 Å². The first kappa shape index (κ1) is 16.1. The third-order valence-electron chi connectivity index (χ3n) is 1.69. The maximum absolute atomic E-state index is 11.2. The Morgan fingerprint density at radius 3 is 2.29 bits per heavy atom. The number of halogens is 1. The van der Waals surface area contributed by atoms with E-state index in [9.17, 15) is 9.59 Å². The number of allylic oxidation sites excluding steroid dienone is 1. The highest BCUT2D eigenvalue weighted by atomic mass is 35.5. The summed E-state index contributed by atoms with van der Waals surface area (Å²) in [6.07, 6.45) is 1.66. The number of hydrogen-bond acceptors (Lipinski definition) is 4. The lowest BCUT2D eigenvalue weighted by Crippen LogP contribution is -2.19. The van der Waals surface area contributed by atoms with Gasteiger partial charge in [0.25, 0.3) is 0 Å². The Bertz CT molecular complexity index is 302. The molecule has 0 aromatic carbocycles. The second-order valence-electron chi connectivity index (χ2n) is 4.57. The van der Waals surface area contributed by atoms with Crippen molar-refractivity contribution >= 4 is 22.8 Å². The molecule has 0 saturated carbocycles. The molecule has 17 heavy (non-hydrogen) atoms. The normalized spacial score (nSPS) is 12.4. The second kappa shape index (κ2) is 7.45. The molecular formula is C12H19ClO4. The highest BCUT2D eigenvalue weighted by Crippen LogP contribution is 2.08. The highest BCUT2D eigenvalue weighted by Gasteiger charge is 2.09. The van der Waals surface area contributed by atoms with Crippen LogP contribution >= 0.6 is 11.6 Å². The molecule has 0 aliphatic heterocycles. The molecule has 5 heteroatoms. The molecule has 0 aliphatic rings. The summed E-state index contributed by atoms with van der Waals surface area (Å²) in [5.41, 5.74) is -0.230. The van der Waals surface area contributed by atoms with E-state index in [2.05, 4.69) is 0 Å². The van der Waals surface area contributed by atoms with Crippen LogP contribution in [0, 0.1) is 0 Å². The zero-order chi connectivity index (χ0) is 13.5. The predicted octanol–water partition coefficient (Wildman–Crippen LogP) is 2.79. The van der Waals surface area contributed by atoms with E-state index in [1.165, 1.54) is 0 Å². The fourth-order valence-corrected chi connectivity index (χ4v) is 0.976. The van der Waals surface area contributed by atoms with Crippen molar-refractivity contribution in [2.24, 2.45) is 0 Å². The lowest BCUT2D eigenvalue weighted by Gasteiger charge is -2.18. The fourth-order valence-electron chi connectivity index (χ4n) is 0.882. The van der Waals surface area contributed by atoms with Gasteiger partial charge in [0.1, 0.15) is 5.76 Å². The van der Waals surface area contributed by atoms with Crippen LogP contribution in [0.15, 0.2) is 11.8 Å². The Balaban J connectivity index is 3.91. The summed E-state index contributed by atoms with van der Waals surface area (Å²) in [5.74, 6) is -0.00946. The first-order valence-electron chi connectivity index (χ1n) is 5.40. The molecule has 0 aromatic heterocycles. The summed E-state index contributed by atoms with van der Waals surface area (Å²) in [4.78, 5) is 21.6. The van der Waals surface area contributed by atoms with Crippen molar-refractivity contribution in [3.8, 4) is 0 Å². The van der Waals surface area contributed by atoms with E-state index >= 15 is 0 Å². The Morgan fingerprint density at radius 2 is 1.82 bits per heavy atom. The zero-order valence-corrected chi connectivity index (χ0v) is 11.5. The van der Waals surface area contributed by atoms with Gasteiger partial charge in [-0.2, -0.15) is 0 Å². The van der Waals surface area contributed by atoms with Crippen LogP contribution in [-0.4, -0.2) is 23.4 Å². The molecule has 0 radical (unpaired) electrons. The first-order valence-corrected chi connectivity index (χ1v) is 5.78. The van der Waals surface area contributed by atoms with Crippen LogP contribution in [0.4, 0.5) is 0 Å². The van der Waals surface area contributed by atoms with Gasteiger partial charge in [-0.25, -0.2) is 0 Å². The molecule has 0 saturated heterocycles. The van der Waals surface area contributed by atoms with E-state index in [1.807, 2.05) is 20.8 Å². The molecular weight excluding hydrogens is 244 g/mol. The smallest absolute Gasteiger partial charge is 0.311 e. The Hall–Kier alpha value is -0.870. The number of carbonyl (C=O) groups excluding carboxylic acids is 2. The van der Waals surface area contributed by atoms with E-state index in [1.54, 1.807) is 13.0 Å². The maximum atomic E-state index is 11.2. The van der Waals surface area contributed by atoms with E-state index in [0.29, 0.717) is 12.4 Å². The van der Waals surface area contributed by atoms with Crippen LogP contribution in [0.2, 0.25) is 0 Å². The van der Waals surface area contributed by atoms with Crippen molar-refractivity contribution in [2.75, 3.05) is 6.61 Å². The topological polar surface area (TPSA) is 52.6 Å². The number of hydrogen-bond donors (Lipinski definition) is 0. The number of esters is 1. The molecule has 0 aliphatic carbocycles. The van der Waals surface area contributed by atoms with Gasteiger partial charge in [0.15, 0.2) is 0 Å². The molecule has 98 valence electrons. The molecule has 0 spiro atoms. The summed E-state index contributed by atoms with van der Waals surface area (Å²) in [6, 6.07) is 0. The largest absolute Gasteiger partial charge is 0.432 e. The predicted molar refractivity (Wildman–Crippen MR) is 65.6 cm³/mol. The van der Waals surface area contributed by atoms with Gasteiger partial charge in [-0.1, -0.05) is 0 Å². The van der Waals surface area contributed by atoms with Gasteiger partial charge in [-0.15, -0.1) is 0 Å². The SMILES string of the molecule is C/C(=C/COC(C)(C)C)OC(=O)CCC(=O)Cl. The molecule has 0 N–H and O–H groups in total. The lowest BCUT2D eigenvalue weighted by atomic mass is 10.2. The fraction of sp³-hybridized carbons (Fsp3) is 0.667. The maximum Gasteiger partial charge on any atom is 0.311 e. The van der Waals surface area contributed by atoms with Gasteiger partial charge < -0.3 is 9.47 Å². The quantitative estimate of drug-likeness (QED) is 0.420. The standard InChI is InChI=1S/C12H19ClO4/c1-9(7-8-16-12(2,3)4)17-11(15)6-5-10(13)14/h7H,5-6,8H2,1-4H3/b9-7-. The van der Waals surface area contributed by atoms with E-state index in [-0.39, 0.29) is 18.4 Å². The minimum Gasteiger partial charge on any atom is -0.432 e. The molecule has 0 rings (SSSR count). The first-order chi connectivity index (χ1) is 7.70. The van der Waals surface area contributed by atoms with Gasteiger partial charge >= 0.3 is 5.97 Å². The van der Waals surface area contributed by atoms with Crippen LogP contribution in [0.25, 0.3) is 0 Å². The van der Waals surface area contributed by atoms with E-state index in [0.717, 1.165) is 0 Å². The van der Waals surface area contributed by atoms with Crippen LogP contribution in [0.3, 0.4) is 0 Å². The third-order valence-corrected chi connectivity index (χ3v) is 1.88. The van der Waals surface area contributed by atoms with Gasteiger partial charge in [0.05, 0.1) is 18.6 Å². The van der Waals surface area contributed by atoms with Crippen LogP contribution in [0.1, 0.15) is 40.5 Å². The molecule has 0 bridgehead atoms. The van der Waals surface area contributed by atoms with Gasteiger partial charge in [-0.05, 0) is 45.4 Å². The second-order valence-corrected chi connectivity index (χ2v) is 4.99. The van der Waals surface area contributed by atoms with Crippen LogP contribution in [-0.2, 0) is 19.1 Å². The Labute approximate surface area is 107 Å². The molecule has 0 fully saturated rings. The molecule has 0 aromatic rings. The minimum absolute atomic E-state index is 0.00631. The Kier molecular flexibility index (Phi) is 7.07. The highest BCUT2D eigenvalue weighted by molar-refractivity contribution is 6.63. The number of carbonyl (C=O) groups is 2. The van der Waals surface area contributed by atoms with E-state index in [4.69, 9.17) is 21.1 Å². The summed E-state index contributed by atoms with van der Waals surface area (Å²) >= 11 is 5.11. The van der Waals surface area contributed by atoms with Crippen LogP contribution < -0.4 is 0 Å². The number of rotatable bonds is 6. The summed E-state index contributed by atoms with van der Waals surface area (Å²) < 4.78 is 10.4. The average Bonchev–Trinajstić information content (AvgIpc) is 2.12. The zero-order valence-electron chi connectivity index (χ0n) is 10.7. The van der Waals surface area contributed by atoms with Crippen molar-refractivity contribution in [2.45, 2.75) is 46.1 Å².